The SMILES string of the molecule is Cc1ccc(Cl)cc1C(=O)Nc1ccc(N)cc1Br. The maximum absolute atomic E-state index is 12.2. The van der Waals surface area contributed by atoms with Crippen LogP contribution in [0.1, 0.15) is 15.9 Å². The molecule has 0 saturated heterocycles. The largest absolute Gasteiger partial charge is 0.399 e. The van der Waals surface area contributed by atoms with Crippen LogP contribution in [0.25, 0.3) is 0 Å². The van der Waals surface area contributed by atoms with Crippen molar-refractivity contribution in [1.82, 2.24) is 0 Å². The fourth-order valence-electron chi connectivity index (χ4n) is 1.66. The van der Waals surface area contributed by atoms with Gasteiger partial charge in [0.05, 0.1) is 5.69 Å². The third kappa shape index (κ3) is 3.28. The predicted molar refractivity (Wildman–Crippen MR) is 82.7 cm³/mol. The topological polar surface area (TPSA) is 55.1 Å². The van der Waals surface area contributed by atoms with Crippen LogP contribution in [0.3, 0.4) is 0 Å². The van der Waals surface area contributed by atoms with E-state index in [4.69, 9.17) is 17.3 Å². The minimum absolute atomic E-state index is 0.203. The first-order chi connectivity index (χ1) is 8.97. The van der Waals surface area contributed by atoms with Crippen LogP contribution in [-0.2, 0) is 0 Å². The summed E-state index contributed by atoms with van der Waals surface area (Å²) in [6.45, 7) is 1.86. The van der Waals surface area contributed by atoms with Gasteiger partial charge in [-0.15, -0.1) is 0 Å². The first-order valence-electron chi connectivity index (χ1n) is 5.60. The van der Waals surface area contributed by atoms with Gasteiger partial charge < -0.3 is 11.1 Å². The molecular weight excluding hydrogens is 328 g/mol. The maximum atomic E-state index is 12.2. The van der Waals surface area contributed by atoms with E-state index >= 15 is 0 Å². The number of nitrogen functional groups attached to an aromatic ring is 1. The van der Waals surface area contributed by atoms with Crippen LogP contribution in [0.2, 0.25) is 5.02 Å². The summed E-state index contributed by atoms with van der Waals surface area (Å²) in [5.41, 5.74) is 8.37. The van der Waals surface area contributed by atoms with Crippen LogP contribution in [-0.4, -0.2) is 5.91 Å². The second-order valence-corrected chi connectivity index (χ2v) is 5.44. The summed E-state index contributed by atoms with van der Waals surface area (Å²) >= 11 is 9.27. The minimum Gasteiger partial charge on any atom is -0.399 e. The average Bonchev–Trinajstić information content (AvgIpc) is 2.35. The summed E-state index contributed by atoms with van der Waals surface area (Å²) in [7, 11) is 0. The molecule has 1 amide bonds. The fourth-order valence-corrected chi connectivity index (χ4v) is 2.33. The van der Waals surface area contributed by atoms with Crippen LogP contribution in [0.5, 0.6) is 0 Å². The van der Waals surface area contributed by atoms with Gasteiger partial charge in [-0.25, -0.2) is 0 Å². The molecule has 0 saturated carbocycles. The molecule has 0 fully saturated rings. The summed E-state index contributed by atoms with van der Waals surface area (Å²) in [6.07, 6.45) is 0. The molecule has 3 N–H and O–H groups in total. The Morgan fingerprint density at radius 3 is 2.68 bits per heavy atom. The van der Waals surface area contributed by atoms with Crippen LogP contribution >= 0.6 is 27.5 Å². The molecule has 0 aliphatic heterocycles. The molecule has 19 heavy (non-hydrogen) atoms. The Hall–Kier alpha value is -1.52. The Balaban J connectivity index is 2.28. The van der Waals surface area contributed by atoms with Crippen molar-refractivity contribution in [3.8, 4) is 0 Å². The predicted octanol–water partition coefficient (Wildman–Crippen LogP) is 4.25. The molecule has 3 nitrogen and oxygen atoms in total. The number of hydrogen-bond acceptors (Lipinski definition) is 2. The summed E-state index contributed by atoms with van der Waals surface area (Å²) in [5, 5.41) is 3.36. The highest BCUT2D eigenvalue weighted by Crippen LogP contribution is 2.26. The highest BCUT2D eigenvalue weighted by Gasteiger charge is 2.11. The average molecular weight is 340 g/mol. The van der Waals surface area contributed by atoms with Gasteiger partial charge in [-0.05, 0) is 58.7 Å². The number of benzene rings is 2. The Bertz CT molecular complexity index is 643. The third-order valence-electron chi connectivity index (χ3n) is 2.69. The summed E-state index contributed by atoms with van der Waals surface area (Å²) in [4.78, 5) is 12.2. The molecule has 0 bridgehead atoms. The maximum Gasteiger partial charge on any atom is 0.256 e. The molecule has 0 unspecified atom stereocenters. The number of halogens is 2. The normalized spacial score (nSPS) is 10.3. The van der Waals surface area contributed by atoms with Gasteiger partial charge >= 0.3 is 0 Å². The Labute approximate surface area is 124 Å². The van der Waals surface area contributed by atoms with E-state index in [1.165, 1.54) is 0 Å². The van der Waals surface area contributed by atoms with Crippen molar-refractivity contribution in [2.45, 2.75) is 6.92 Å². The number of nitrogens with two attached hydrogens (primary N) is 1. The number of nitrogens with one attached hydrogen (secondary N) is 1. The van der Waals surface area contributed by atoms with Crippen molar-refractivity contribution in [2.24, 2.45) is 0 Å². The second-order valence-electron chi connectivity index (χ2n) is 4.15. The number of anilines is 2. The van der Waals surface area contributed by atoms with Crippen LogP contribution < -0.4 is 11.1 Å². The molecule has 0 spiro atoms. The van der Waals surface area contributed by atoms with Crippen LogP contribution in [0.4, 0.5) is 11.4 Å². The van der Waals surface area contributed by atoms with Crippen molar-refractivity contribution < 1.29 is 4.79 Å². The monoisotopic (exact) mass is 338 g/mol. The van der Waals surface area contributed by atoms with E-state index in [0.29, 0.717) is 22.0 Å². The quantitative estimate of drug-likeness (QED) is 0.804. The molecule has 98 valence electrons. The van der Waals surface area contributed by atoms with Crippen molar-refractivity contribution in [3.63, 3.8) is 0 Å². The third-order valence-corrected chi connectivity index (χ3v) is 3.58. The van der Waals surface area contributed by atoms with Gasteiger partial charge in [0.15, 0.2) is 0 Å². The van der Waals surface area contributed by atoms with Gasteiger partial charge in [-0.1, -0.05) is 17.7 Å². The standard InChI is InChI=1S/C14H12BrClN2O/c1-8-2-3-9(16)6-11(8)14(19)18-13-5-4-10(17)7-12(13)15/h2-7H,17H2,1H3,(H,18,19). The number of hydrogen-bond donors (Lipinski definition) is 2. The van der Waals surface area contributed by atoms with Crippen molar-refractivity contribution >= 4 is 44.8 Å². The lowest BCUT2D eigenvalue weighted by Gasteiger charge is -2.10. The highest BCUT2D eigenvalue weighted by atomic mass is 79.9. The summed E-state index contributed by atoms with van der Waals surface area (Å²) in [5.74, 6) is -0.203. The first-order valence-corrected chi connectivity index (χ1v) is 6.77. The van der Waals surface area contributed by atoms with Gasteiger partial charge in [-0.2, -0.15) is 0 Å². The van der Waals surface area contributed by atoms with Crippen molar-refractivity contribution in [2.75, 3.05) is 11.1 Å². The van der Waals surface area contributed by atoms with Gasteiger partial charge in [-0.3, -0.25) is 4.79 Å². The molecule has 0 aliphatic rings. The Kier molecular flexibility index (Phi) is 4.12. The molecule has 0 heterocycles. The lowest BCUT2D eigenvalue weighted by Crippen LogP contribution is -2.13. The van der Waals surface area contributed by atoms with E-state index in [-0.39, 0.29) is 5.91 Å². The molecule has 0 radical (unpaired) electrons. The Morgan fingerprint density at radius 2 is 2.00 bits per heavy atom. The number of carbonyl (C=O) groups excluding carboxylic acids is 1. The van der Waals surface area contributed by atoms with Crippen LogP contribution in [0.15, 0.2) is 40.9 Å². The van der Waals surface area contributed by atoms with Gasteiger partial charge in [0.2, 0.25) is 0 Å². The van der Waals surface area contributed by atoms with Gasteiger partial charge in [0, 0.05) is 20.7 Å². The zero-order valence-corrected chi connectivity index (χ0v) is 12.5. The molecule has 2 aromatic carbocycles. The van der Waals surface area contributed by atoms with Crippen molar-refractivity contribution in [1.29, 1.82) is 0 Å². The molecule has 0 atom stereocenters. The molecule has 0 aromatic heterocycles. The summed E-state index contributed by atoms with van der Waals surface area (Å²) < 4.78 is 0.737. The molecule has 2 aromatic rings. The Morgan fingerprint density at radius 1 is 1.26 bits per heavy atom. The van der Waals surface area contributed by atoms with E-state index in [9.17, 15) is 4.79 Å². The van der Waals surface area contributed by atoms with Gasteiger partial charge in [0.25, 0.3) is 5.91 Å². The lowest BCUT2D eigenvalue weighted by atomic mass is 10.1. The molecule has 2 rings (SSSR count). The van der Waals surface area contributed by atoms with Gasteiger partial charge in [0.1, 0.15) is 0 Å². The number of aryl methyl sites for hydroxylation is 1. The molecule has 0 aliphatic carbocycles. The highest BCUT2D eigenvalue weighted by molar-refractivity contribution is 9.10. The van der Waals surface area contributed by atoms with Crippen molar-refractivity contribution in [3.05, 3.63) is 57.0 Å². The lowest BCUT2D eigenvalue weighted by molar-refractivity contribution is 0.102. The van der Waals surface area contributed by atoms with Crippen LogP contribution in [0, 0.1) is 6.92 Å². The smallest absolute Gasteiger partial charge is 0.256 e. The van der Waals surface area contributed by atoms with E-state index in [1.807, 2.05) is 13.0 Å². The second kappa shape index (κ2) is 5.63. The number of amides is 1. The van der Waals surface area contributed by atoms with E-state index in [1.54, 1.807) is 30.3 Å². The zero-order chi connectivity index (χ0) is 14.0. The molecule has 5 heteroatoms. The molecular formula is C14H12BrClN2O. The van der Waals surface area contributed by atoms with E-state index < -0.39 is 0 Å². The number of carbonyl (C=O) groups is 1. The zero-order valence-electron chi connectivity index (χ0n) is 10.2. The first kappa shape index (κ1) is 13.9. The van der Waals surface area contributed by atoms with E-state index in [0.717, 1.165) is 10.0 Å². The van der Waals surface area contributed by atoms with E-state index in [2.05, 4.69) is 21.2 Å². The fraction of sp³-hybridized carbons (Fsp3) is 0.0714. The number of rotatable bonds is 2. The minimum atomic E-state index is -0.203. The summed E-state index contributed by atoms with van der Waals surface area (Å²) in [6, 6.07) is 10.4.